The van der Waals surface area contributed by atoms with Gasteiger partial charge in [0.05, 0.1) is 6.61 Å². The van der Waals surface area contributed by atoms with Crippen LogP contribution < -0.4 is 4.74 Å². The SMILES string of the molecule is C=S1CCOc2ccc(C)cc2C1. The van der Waals surface area contributed by atoms with Crippen LogP contribution >= 0.6 is 10.5 Å². The first-order valence-electron chi connectivity index (χ1n) is 4.45. The molecule has 0 amide bonds. The summed E-state index contributed by atoms with van der Waals surface area (Å²) < 4.78 is 5.64. The fourth-order valence-electron chi connectivity index (χ4n) is 1.52. The molecule has 70 valence electrons. The van der Waals surface area contributed by atoms with Gasteiger partial charge in [-0.2, -0.15) is 10.5 Å². The van der Waals surface area contributed by atoms with Gasteiger partial charge in [-0.05, 0) is 13.0 Å². The van der Waals surface area contributed by atoms with Gasteiger partial charge in [0, 0.05) is 17.1 Å². The molecule has 0 saturated carbocycles. The molecule has 1 heterocycles. The third-order valence-corrected chi connectivity index (χ3v) is 3.67. The summed E-state index contributed by atoms with van der Waals surface area (Å²) in [7, 11) is 0.248. The van der Waals surface area contributed by atoms with Crippen LogP contribution in [0.2, 0.25) is 0 Å². The van der Waals surface area contributed by atoms with Crippen LogP contribution in [0, 0.1) is 6.92 Å². The lowest BCUT2D eigenvalue weighted by atomic mass is 10.1. The molecule has 0 aliphatic carbocycles. The summed E-state index contributed by atoms with van der Waals surface area (Å²) >= 11 is 0. The van der Waals surface area contributed by atoms with Gasteiger partial charge in [0.25, 0.3) is 0 Å². The van der Waals surface area contributed by atoms with Crippen LogP contribution in [-0.2, 0) is 5.75 Å². The van der Waals surface area contributed by atoms with Crippen molar-refractivity contribution >= 4 is 16.4 Å². The van der Waals surface area contributed by atoms with E-state index < -0.39 is 0 Å². The minimum Gasteiger partial charge on any atom is -0.492 e. The standard InChI is InChI=1S/C11H14OS/c1-9-3-4-11-10(7-9)8-13(2)6-5-12-11/h3-4,7H,2,5-6,8H2,1H3. The zero-order chi connectivity index (χ0) is 9.26. The third-order valence-electron chi connectivity index (χ3n) is 2.21. The number of ether oxygens (including phenoxy) is 1. The summed E-state index contributed by atoms with van der Waals surface area (Å²) in [5.41, 5.74) is 2.64. The average molecular weight is 194 g/mol. The van der Waals surface area contributed by atoms with Gasteiger partial charge in [0.15, 0.2) is 0 Å². The molecule has 0 N–H and O–H groups in total. The number of fused-ring (bicyclic) bond motifs is 1. The van der Waals surface area contributed by atoms with E-state index in [0.29, 0.717) is 0 Å². The molecule has 1 aromatic rings. The first kappa shape index (κ1) is 8.82. The molecule has 2 heteroatoms. The molecule has 13 heavy (non-hydrogen) atoms. The third kappa shape index (κ3) is 1.94. The number of hydrogen-bond acceptors (Lipinski definition) is 1. The number of aryl methyl sites for hydroxylation is 1. The fraction of sp³-hybridized carbons (Fsp3) is 0.364. The lowest BCUT2D eigenvalue weighted by molar-refractivity contribution is 0.343. The zero-order valence-corrected chi connectivity index (χ0v) is 8.69. The van der Waals surface area contributed by atoms with E-state index in [9.17, 15) is 0 Å². The molecule has 0 radical (unpaired) electrons. The summed E-state index contributed by atoms with van der Waals surface area (Å²) in [4.78, 5) is 0. The van der Waals surface area contributed by atoms with Crippen LogP contribution in [0.3, 0.4) is 0 Å². The molecule has 0 saturated heterocycles. The second-order valence-corrected chi connectivity index (χ2v) is 5.34. The van der Waals surface area contributed by atoms with Gasteiger partial charge in [0.2, 0.25) is 0 Å². The monoisotopic (exact) mass is 194 g/mol. The van der Waals surface area contributed by atoms with E-state index in [4.69, 9.17) is 4.74 Å². The van der Waals surface area contributed by atoms with Crippen LogP contribution in [0.4, 0.5) is 0 Å². The van der Waals surface area contributed by atoms with Crippen molar-refractivity contribution in [3.05, 3.63) is 29.3 Å². The highest BCUT2D eigenvalue weighted by molar-refractivity contribution is 8.13. The van der Waals surface area contributed by atoms with Crippen molar-refractivity contribution in [1.29, 1.82) is 0 Å². The molecule has 2 rings (SSSR count). The van der Waals surface area contributed by atoms with Crippen molar-refractivity contribution in [2.45, 2.75) is 12.7 Å². The van der Waals surface area contributed by atoms with Crippen LogP contribution in [0.1, 0.15) is 11.1 Å². The topological polar surface area (TPSA) is 9.23 Å². The Hall–Kier alpha value is -0.760. The lowest BCUT2D eigenvalue weighted by Gasteiger charge is -2.06. The van der Waals surface area contributed by atoms with E-state index in [0.717, 1.165) is 23.9 Å². The van der Waals surface area contributed by atoms with E-state index in [1.807, 2.05) is 0 Å². The fourth-order valence-corrected chi connectivity index (χ4v) is 2.65. The highest BCUT2D eigenvalue weighted by Gasteiger charge is 2.09. The predicted octanol–water partition coefficient (Wildman–Crippen LogP) is 2.59. The van der Waals surface area contributed by atoms with E-state index in [-0.39, 0.29) is 10.5 Å². The van der Waals surface area contributed by atoms with Gasteiger partial charge in [-0.3, -0.25) is 0 Å². The van der Waals surface area contributed by atoms with Gasteiger partial charge in [0.1, 0.15) is 5.75 Å². The number of hydrogen-bond donors (Lipinski definition) is 0. The van der Waals surface area contributed by atoms with Gasteiger partial charge in [-0.15, -0.1) is 0 Å². The predicted molar refractivity (Wildman–Crippen MR) is 60.0 cm³/mol. The lowest BCUT2D eigenvalue weighted by Crippen LogP contribution is -1.98. The summed E-state index contributed by atoms with van der Waals surface area (Å²) in [6.07, 6.45) is 0. The maximum absolute atomic E-state index is 5.64. The Labute approximate surface area is 81.7 Å². The van der Waals surface area contributed by atoms with Crippen LogP contribution in [0.15, 0.2) is 18.2 Å². The van der Waals surface area contributed by atoms with Gasteiger partial charge < -0.3 is 4.74 Å². The average Bonchev–Trinajstić information content (AvgIpc) is 2.25. The largest absolute Gasteiger partial charge is 0.492 e. The Balaban J connectivity index is 2.40. The summed E-state index contributed by atoms with van der Waals surface area (Å²) in [5.74, 6) is 7.36. The Morgan fingerprint density at radius 2 is 2.31 bits per heavy atom. The maximum atomic E-state index is 5.64. The molecule has 1 aromatic carbocycles. The minimum absolute atomic E-state index is 0.248. The van der Waals surface area contributed by atoms with Crippen LogP contribution in [0.25, 0.3) is 0 Å². The Bertz CT molecular complexity index is 344. The Morgan fingerprint density at radius 1 is 1.46 bits per heavy atom. The van der Waals surface area contributed by atoms with Crippen molar-refractivity contribution in [3.8, 4) is 5.75 Å². The zero-order valence-electron chi connectivity index (χ0n) is 7.88. The first-order valence-corrected chi connectivity index (χ1v) is 6.18. The number of benzene rings is 1. The second kappa shape index (κ2) is 3.54. The van der Waals surface area contributed by atoms with Crippen molar-refractivity contribution in [2.75, 3.05) is 12.4 Å². The summed E-state index contributed by atoms with van der Waals surface area (Å²) in [5, 5.41) is 0. The van der Waals surface area contributed by atoms with Crippen LogP contribution in [0.5, 0.6) is 5.75 Å². The second-order valence-electron chi connectivity index (χ2n) is 3.42. The van der Waals surface area contributed by atoms with Crippen molar-refractivity contribution in [2.24, 2.45) is 0 Å². The maximum Gasteiger partial charge on any atom is 0.123 e. The summed E-state index contributed by atoms with van der Waals surface area (Å²) in [6.45, 7) is 2.94. The molecule has 1 aliphatic heterocycles. The first-order chi connectivity index (χ1) is 6.25. The van der Waals surface area contributed by atoms with E-state index in [1.54, 1.807) is 0 Å². The van der Waals surface area contributed by atoms with Gasteiger partial charge in [-0.25, -0.2) is 0 Å². The van der Waals surface area contributed by atoms with Crippen molar-refractivity contribution in [1.82, 2.24) is 0 Å². The highest BCUT2D eigenvalue weighted by Crippen LogP contribution is 2.30. The molecule has 0 fully saturated rings. The molecule has 0 spiro atoms. The Kier molecular flexibility index (Phi) is 2.40. The van der Waals surface area contributed by atoms with Crippen molar-refractivity contribution < 1.29 is 4.74 Å². The quantitative estimate of drug-likeness (QED) is 0.577. The molecular weight excluding hydrogens is 180 g/mol. The minimum atomic E-state index is 0.248. The Morgan fingerprint density at radius 3 is 3.15 bits per heavy atom. The van der Waals surface area contributed by atoms with Gasteiger partial charge >= 0.3 is 0 Å². The highest BCUT2D eigenvalue weighted by atomic mass is 32.2. The molecule has 1 aliphatic rings. The molecule has 1 atom stereocenters. The van der Waals surface area contributed by atoms with Crippen molar-refractivity contribution in [3.63, 3.8) is 0 Å². The molecule has 0 bridgehead atoms. The van der Waals surface area contributed by atoms with Crippen LogP contribution in [-0.4, -0.2) is 18.2 Å². The normalized spacial score (nSPS) is 21.5. The molecule has 1 unspecified atom stereocenters. The van der Waals surface area contributed by atoms with E-state index in [2.05, 4.69) is 31.0 Å². The molecule has 1 nitrogen and oxygen atoms in total. The molecular formula is C11H14OS. The van der Waals surface area contributed by atoms with E-state index in [1.165, 1.54) is 11.1 Å². The van der Waals surface area contributed by atoms with Gasteiger partial charge in [-0.1, -0.05) is 23.6 Å². The number of rotatable bonds is 0. The van der Waals surface area contributed by atoms with E-state index >= 15 is 0 Å². The molecule has 0 aromatic heterocycles. The smallest absolute Gasteiger partial charge is 0.123 e. The summed E-state index contributed by atoms with van der Waals surface area (Å²) in [6, 6.07) is 6.39.